The van der Waals surface area contributed by atoms with Gasteiger partial charge in [0.05, 0.1) is 11.3 Å². The molecular weight excluding hydrogens is 406 g/mol. The minimum Gasteiger partial charge on any atom is -0.481 e. The van der Waals surface area contributed by atoms with Crippen LogP contribution in [-0.4, -0.2) is 43.3 Å². The molecule has 0 radical (unpaired) electrons. The van der Waals surface area contributed by atoms with E-state index in [0.29, 0.717) is 0 Å². The first-order valence-corrected chi connectivity index (χ1v) is 9.78. The molecule has 1 atom stereocenters. The largest absolute Gasteiger partial charge is 0.481 e. The fourth-order valence-corrected chi connectivity index (χ4v) is 4.82. The number of fused-ring (bicyclic) bond motifs is 1. The summed E-state index contributed by atoms with van der Waals surface area (Å²) in [4.78, 5) is 36.9. The van der Waals surface area contributed by atoms with Crippen LogP contribution in [-0.2, 0) is 14.4 Å². The Kier molecular flexibility index (Phi) is 5.73. The quantitative estimate of drug-likeness (QED) is 0.546. The monoisotopic (exact) mass is 419 g/mol. The molecule has 1 saturated heterocycles. The van der Waals surface area contributed by atoms with E-state index in [9.17, 15) is 19.5 Å². The molecule has 27 heavy (non-hydrogen) atoms. The number of thiophene rings is 1. The summed E-state index contributed by atoms with van der Waals surface area (Å²) in [5.74, 6) is -3.32. The average Bonchev–Trinajstić information content (AvgIpc) is 3.13. The van der Waals surface area contributed by atoms with E-state index in [1.54, 1.807) is 23.5 Å². The molecule has 1 aliphatic heterocycles. The number of nitrogens with zero attached hydrogens (tertiary/aromatic N) is 1. The average molecular weight is 420 g/mol. The molecule has 0 aliphatic carbocycles. The second-order valence-electron chi connectivity index (χ2n) is 5.57. The molecule has 0 bridgehead atoms. The Hall–Kier alpha value is -2.49. The third kappa shape index (κ3) is 4.26. The predicted molar refractivity (Wildman–Crippen MR) is 110 cm³/mol. The number of carbonyl (C=O) groups excluding carboxylic acids is 1. The van der Waals surface area contributed by atoms with Crippen LogP contribution >= 0.6 is 35.3 Å². The molecule has 1 fully saturated rings. The van der Waals surface area contributed by atoms with Gasteiger partial charge in [0.2, 0.25) is 0 Å². The van der Waals surface area contributed by atoms with Gasteiger partial charge >= 0.3 is 11.9 Å². The third-order valence-electron chi connectivity index (χ3n) is 3.74. The molecule has 0 saturated carbocycles. The van der Waals surface area contributed by atoms with Gasteiger partial charge in [-0.15, -0.1) is 11.3 Å². The predicted octanol–water partition coefficient (Wildman–Crippen LogP) is 3.59. The van der Waals surface area contributed by atoms with Gasteiger partial charge in [-0.1, -0.05) is 48.3 Å². The van der Waals surface area contributed by atoms with Crippen molar-refractivity contribution in [2.75, 3.05) is 0 Å². The lowest BCUT2D eigenvalue weighted by Gasteiger charge is -2.21. The van der Waals surface area contributed by atoms with Gasteiger partial charge in [0.25, 0.3) is 5.91 Å². The lowest BCUT2D eigenvalue weighted by atomic mass is 10.2. The number of aliphatic carboxylic acids is 2. The first kappa shape index (κ1) is 19.3. The van der Waals surface area contributed by atoms with E-state index in [1.807, 2.05) is 36.4 Å². The number of amides is 1. The lowest BCUT2D eigenvalue weighted by Crippen LogP contribution is -2.45. The van der Waals surface area contributed by atoms with Gasteiger partial charge in [0.15, 0.2) is 0 Å². The number of carboxylic acids is 2. The number of hydrogen-bond acceptors (Lipinski definition) is 6. The fourth-order valence-electron chi connectivity index (χ4n) is 2.53. The highest BCUT2D eigenvalue weighted by Crippen LogP contribution is 2.33. The zero-order valence-corrected chi connectivity index (χ0v) is 16.1. The Bertz CT molecular complexity index is 974. The van der Waals surface area contributed by atoms with E-state index >= 15 is 0 Å². The topological polar surface area (TPSA) is 94.9 Å². The van der Waals surface area contributed by atoms with Crippen LogP contribution < -0.4 is 0 Å². The number of carboxylic acid groups (broad SMARTS) is 2. The molecule has 138 valence electrons. The van der Waals surface area contributed by atoms with E-state index in [4.69, 9.17) is 17.3 Å². The molecule has 9 heteroatoms. The Morgan fingerprint density at radius 1 is 1.26 bits per heavy atom. The second kappa shape index (κ2) is 8.03. The highest BCUT2D eigenvalue weighted by atomic mass is 32.2. The van der Waals surface area contributed by atoms with Crippen molar-refractivity contribution < 1.29 is 24.6 Å². The SMILES string of the molecule is O=C(O)CC(C(=O)O)N1C(=O)C(=CC=Cc2cc3ccccc3s2)SC1=S. The first-order chi connectivity index (χ1) is 12.9. The van der Waals surface area contributed by atoms with Crippen LogP contribution in [0.1, 0.15) is 11.3 Å². The van der Waals surface area contributed by atoms with Gasteiger partial charge in [-0.05, 0) is 29.7 Å². The van der Waals surface area contributed by atoms with Crippen LogP contribution in [0.5, 0.6) is 0 Å². The Morgan fingerprint density at radius 2 is 2.00 bits per heavy atom. The van der Waals surface area contributed by atoms with E-state index in [2.05, 4.69) is 0 Å². The van der Waals surface area contributed by atoms with E-state index < -0.39 is 30.3 Å². The van der Waals surface area contributed by atoms with Crippen molar-refractivity contribution >= 4 is 73.6 Å². The highest BCUT2D eigenvalue weighted by molar-refractivity contribution is 8.26. The van der Waals surface area contributed by atoms with Crippen molar-refractivity contribution in [1.29, 1.82) is 0 Å². The molecule has 1 aromatic carbocycles. The fraction of sp³-hybridized carbons (Fsp3) is 0.111. The van der Waals surface area contributed by atoms with Gasteiger partial charge in [-0.25, -0.2) is 4.79 Å². The Balaban J connectivity index is 1.78. The minimum absolute atomic E-state index is 0.0372. The molecule has 1 aliphatic rings. The molecule has 6 nitrogen and oxygen atoms in total. The summed E-state index contributed by atoms with van der Waals surface area (Å²) < 4.78 is 1.19. The van der Waals surface area contributed by atoms with Crippen LogP contribution in [0.2, 0.25) is 0 Å². The number of rotatable bonds is 6. The molecule has 1 aromatic heterocycles. The Labute approximate surface area is 167 Å². The van der Waals surface area contributed by atoms with Crippen molar-refractivity contribution in [3.05, 3.63) is 52.3 Å². The van der Waals surface area contributed by atoms with Gasteiger partial charge in [-0.2, -0.15) is 0 Å². The molecule has 0 spiro atoms. The van der Waals surface area contributed by atoms with Crippen LogP contribution in [0.3, 0.4) is 0 Å². The Morgan fingerprint density at radius 3 is 2.67 bits per heavy atom. The van der Waals surface area contributed by atoms with Crippen LogP contribution in [0, 0.1) is 0 Å². The summed E-state index contributed by atoms with van der Waals surface area (Å²) in [6, 6.07) is 8.48. The smallest absolute Gasteiger partial charge is 0.327 e. The van der Waals surface area contributed by atoms with Gasteiger partial charge in [0.1, 0.15) is 10.4 Å². The van der Waals surface area contributed by atoms with Gasteiger partial charge in [0, 0.05) is 9.58 Å². The summed E-state index contributed by atoms with van der Waals surface area (Å²) in [6.45, 7) is 0. The molecule has 2 N–H and O–H groups in total. The summed E-state index contributed by atoms with van der Waals surface area (Å²) in [5.41, 5.74) is 0. The summed E-state index contributed by atoms with van der Waals surface area (Å²) in [6.07, 6.45) is 4.39. The molecule has 1 amide bonds. The number of benzene rings is 1. The van der Waals surface area contributed by atoms with Gasteiger partial charge in [-0.3, -0.25) is 14.5 Å². The maximum atomic E-state index is 12.5. The van der Waals surface area contributed by atoms with E-state index in [1.165, 1.54) is 0 Å². The second-order valence-corrected chi connectivity index (χ2v) is 8.36. The molecular formula is C18H13NO5S3. The summed E-state index contributed by atoms with van der Waals surface area (Å²) >= 11 is 7.65. The van der Waals surface area contributed by atoms with Crippen molar-refractivity contribution in [2.24, 2.45) is 0 Å². The first-order valence-electron chi connectivity index (χ1n) is 7.73. The normalized spacial score (nSPS) is 17.3. The summed E-state index contributed by atoms with van der Waals surface area (Å²) in [5, 5.41) is 19.3. The van der Waals surface area contributed by atoms with Crippen LogP contribution in [0.4, 0.5) is 0 Å². The van der Waals surface area contributed by atoms with E-state index in [0.717, 1.165) is 31.6 Å². The third-order valence-corrected chi connectivity index (χ3v) is 6.17. The maximum absolute atomic E-state index is 12.5. The maximum Gasteiger partial charge on any atom is 0.327 e. The molecule has 2 aromatic rings. The van der Waals surface area contributed by atoms with Crippen molar-refractivity contribution in [3.63, 3.8) is 0 Å². The standard InChI is InChI=1S/C18H13NO5S3/c20-15(21)9-12(17(23)24)19-16(22)14(27-18(19)25)7-3-5-11-8-10-4-1-2-6-13(10)26-11/h1-8,12H,9H2,(H,20,21)(H,23,24). The van der Waals surface area contributed by atoms with Gasteiger partial charge < -0.3 is 10.2 Å². The number of carbonyl (C=O) groups is 3. The highest BCUT2D eigenvalue weighted by Gasteiger charge is 2.41. The number of thioether (sulfide) groups is 1. The molecule has 3 rings (SSSR count). The minimum atomic E-state index is -1.52. The number of allylic oxidation sites excluding steroid dienone is 2. The van der Waals surface area contributed by atoms with E-state index in [-0.39, 0.29) is 9.23 Å². The lowest BCUT2D eigenvalue weighted by molar-refractivity contribution is -0.150. The number of hydrogen-bond donors (Lipinski definition) is 2. The molecule has 2 heterocycles. The number of thiocarbonyl (C=S) groups is 1. The molecule has 1 unspecified atom stereocenters. The van der Waals surface area contributed by atoms with Crippen molar-refractivity contribution in [1.82, 2.24) is 4.90 Å². The van der Waals surface area contributed by atoms with Crippen LogP contribution in [0.15, 0.2) is 47.4 Å². The van der Waals surface area contributed by atoms with Crippen molar-refractivity contribution in [3.8, 4) is 0 Å². The zero-order chi connectivity index (χ0) is 19.6. The van der Waals surface area contributed by atoms with Crippen molar-refractivity contribution in [2.45, 2.75) is 12.5 Å². The zero-order valence-electron chi connectivity index (χ0n) is 13.7. The van der Waals surface area contributed by atoms with Crippen LogP contribution in [0.25, 0.3) is 16.2 Å². The summed E-state index contributed by atoms with van der Waals surface area (Å²) in [7, 11) is 0.